The lowest BCUT2D eigenvalue weighted by Gasteiger charge is -2.15. The highest BCUT2D eigenvalue weighted by atomic mass is 16.6. The number of ether oxygens (including phenoxy) is 2. The molecular weight excluding hydrogens is 208 g/mol. The predicted molar refractivity (Wildman–Crippen MR) is 54.7 cm³/mol. The van der Waals surface area contributed by atoms with Crippen LogP contribution in [0.4, 0.5) is 0 Å². The quantitative estimate of drug-likeness (QED) is 0.724. The number of phenolic OH excluding ortho intramolecular Hbond substituents is 1. The lowest BCUT2D eigenvalue weighted by molar-refractivity contribution is -0.142. The van der Waals surface area contributed by atoms with Crippen molar-refractivity contribution < 1.29 is 19.4 Å². The highest BCUT2D eigenvalue weighted by Gasteiger charge is 2.47. The van der Waals surface area contributed by atoms with Gasteiger partial charge >= 0.3 is 5.97 Å². The molecule has 2 heterocycles. The number of esters is 1. The Balaban J connectivity index is 1.86. The smallest absolute Gasteiger partial charge is 0.311 e. The van der Waals surface area contributed by atoms with Crippen LogP contribution in [0, 0.1) is 11.8 Å². The first-order valence-electron chi connectivity index (χ1n) is 5.33. The first-order chi connectivity index (χ1) is 7.75. The van der Waals surface area contributed by atoms with E-state index in [0.29, 0.717) is 13.2 Å². The molecule has 3 rings (SSSR count). The maximum absolute atomic E-state index is 11.3. The molecule has 0 bridgehead atoms. The third kappa shape index (κ3) is 1.38. The van der Waals surface area contributed by atoms with Gasteiger partial charge in [0.2, 0.25) is 0 Å². The van der Waals surface area contributed by atoms with Gasteiger partial charge in [0.15, 0.2) is 0 Å². The molecule has 4 nitrogen and oxygen atoms in total. The Morgan fingerprint density at radius 3 is 2.69 bits per heavy atom. The topological polar surface area (TPSA) is 55.8 Å². The number of carbonyl (C=O) groups excluding carboxylic acids is 1. The van der Waals surface area contributed by atoms with Crippen molar-refractivity contribution in [3.63, 3.8) is 0 Å². The maximum atomic E-state index is 11.3. The maximum Gasteiger partial charge on any atom is 0.311 e. The van der Waals surface area contributed by atoms with Gasteiger partial charge in [-0.15, -0.1) is 0 Å². The first-order valence-corrected chi connectivity index (χ1v) is 5.33. The van der Waals surface area contributed by atoms with E-state index in [-0.39, 0.29) is 29.7 Å². The number of phenols is 1. The molecule has 1 aromatic rings. The number of aromatic hydroxyl groups is 1. The van der Waals surface area contributed by atoms with Gasteiger partial charge in [0.05, 0.1) is 25.2 Å². The van der Waals surface area contributed by atoms with Crippen molar-refractivity contribution in [2.24, 2.45) is 11.8 Å². The number of rotatable bonds is 1. The van der Waals surface area contributed by atoms with Gasteiger partial charge in [-0.1, -0.05) is 12.1 Å². The zero-order chi connectivity index (χ0) is 11.1. The highest BCUT2D eigenvalue weighted by molar-refractivity contribution is 5.75. The average molecular weight is 220 g/mol. The van der Waals surface area contributed by atoms with Crippen LogP contribution in [-0.2, 0) is 14.3 Å². The Labute approximate surface area is 92.8 Å². The molecule has 2 aliphatic rings. The van der Waals surface area contributed by atoms with Gasteiger partial charge in [0.1, 0.15) is 5.75 Å². The lowest BCUT2D eigenvalue weighted by Crippen LogP contribution is -2.14. The normalized spacial score (nSPS) is 32.5. The lowest BCUT2D eigenvalue weighted by atomic mass is 9.90. The summed E-state index contributed by atoms with van der Waals surface area (Å²) in [6, 6.07) is 6.91. The van der Waals surface area contributed by atoms with E-state index in [1.807, 2.05) is 12.1 Å². The summed E-state index contributed by atoms with van der Waals surface area (Å²) >= 11 is 0. The number of hydrogen-bond donors (Lipinski definition) is 1. The number of hydrogen-bond acceptors (Lipinski definition) is 4. The van der Waals surface area contributed by atoms with Crippen LogP contribution in [0.2, 0.25) is 0 Å². The van der Waals surface area contributed by atoms with Crippen LogP contribution in [0.5, 0.6) is 5.75 Å². The Morgan fingerprint density at radius 2 is 1.94 bits per heavy atom. The molecule has 0 amide bonds. The molecular formula is C12H12O4. The summed E-state index contributed by atoms with van der Waals surface area (Å²) in [7, 11) is 0. The number of cyclic esters (lactones) is 1. The second-order valence-electron chi connectivity index (χ2n) is 4.25. The van der Waals surface area contributed by atoms with Crippen molar-refractivity contribution in [3.05, 3.63) is 29.8 Å². The van der Waals surface area contributed by atoms with Gasteiger partial charge < -0.3 is 14.6 Å². The zero-order valence-electron chi connectivity index (χ0n) is 8.63. The summed E-state index contributed by atoms with van der Waals surface area (Å²) in [5, 5.41) is 9.21. The minimum atomic E-state index is -0.147. The molecule has 2 saturated heterocycles. The molecule has 0 saturated carbocycles. The Hall–Kier alpha value is -1.55. The molecule has 0 aromatic heterocycles. The number of carbonyl (C=O) groups is 1. The van der Waals surface area contributed by atoms with Gasteiger partial charge in [-0.25, -0.2) is 0 Å². The average Bonchev–Trinajstić information content (AvgIpc) is 2.84. The van der Waals surface area contributed by atoms with Crippen molar-refractivity contribution in [2.75, 3.05) is 13.2 Å². The summed E-state index contributed by atoms with van der Waals surface area (Å²) in [6.45, 7) is 0.879. The van der Waals surface area contributed by atoms with Crippen LogP contribution in [-0.4, -0.2) is 24.3 Å². The first kappa shape index (κ1) is 9.66. The molecule has 0 radical (unpaired) electrons. The second kappa shape index (κ2) is 3.49. The predicted octanol–water partition coefficient (Wildman–Crippen LogP) is 1.25. The molecule has 2 aliphatic heterocycles. The van der Waals surface area contributed by atoms with Crippen molar-refractivity contribution in [3.8, 4) is 5.75 Å². The van der Waals surface area contributed by atoms with E-state index in [4.69, 9.17) is 9.47 Å². The van der Waals surface area contributed by atoms with Crippen molar-refractivity contribution >= 4 is 5.97 Å². The standard InChI is InChI=1S/C12H12O4/c13-8-3-1-7(2-4-8)11-9-5-16-12(14)10(9)6-15-11/h1-4,9-11,13H,5-6H2. The van der Waals surface area contributed by atoms with Crippen LogP contribution in [0.15, 0.2) is 24.3 Å². The Bertz CT molecular complexity index is 412. The van der Waals surface area contributed by atoms with Gasteiger partial charge in [-0.3, -0.25) is 4.79 Å². The number of fused-ring (bicyclic) bond motifs is 1. The van der Waals surface area contributed by atoms with Gasteiger partial charge in [-0.2, -0.15) is 0 Å². The fraction of sp³-hybridized carbons (Fsp3) is 0.417. The van der Waals surface area contributed by atoms with Crippen LogP contribution in [0.25, 0.3) is 0 Å². The third-order valence-corrected chi connectivity index (χ3v) is 3.30. The highest BCUT2D eigenvalue weighted by Crippen LogP contribution is 2.42. The molecule has 84 valence electrons. The number of benzene rings is 1. The molecule has 1 aromatic carbocycles. The summed E-state index contributed by atoms with van der Waals surface area (Å²) in [4.78, 5) is 11.3. The van der Waals surface area contributed by atoms with E-state index in [1.165, 1.54) is 0 Å². The summed E-state index contributed by atoms with van der Waals surface area (Å²) in [5.41, 5.74) is 0.989. The fourth-order valence-corrected chi connectivity index (χ4v) is 2.40. The minimum absolute atomic E-state index is 0.0861. The summed E-state index contributed by atoms with van der Waals surface area (Å²) in [6.07, 6.45) is -0.0861. The Morgan fingerprint density at radius 1 is 1.19 bits per heavy atom. The van der Waals surface area contributed by atoms with Crippen molar-refractivity contribution in [2.45, 2.75) is 6.10 Å². The third-order valence-electron chi connectivity index (χ3n) is 3.30. The van der Waals surface area contributed by atoms with Crippen LogP contribution in [0.3, 0.4) is 0 Å². The van der Waals surface area contributed by atoms with Crippen molar-refractivity contribution in [1.82, 2.24) is 0 Å². The van der Waals surface area contributed by atoms with Crippen LogP contribution < -0.4 is 0 Å². The van der Waals surface area contributed by atoms with E-state index < -0.39 is 0 Å². The fourth-order valence-electron chi connectivity index (χ4n) is 2.40. The summed E-state index contributed by atoms with van der Waals surface area (Å²) < 4.78 is 10.7. The summed E-state index contributed by atoms with van der Waals surface area (Å²) in [5.74, 6) is 0.0965. The van der Waals surface area contributed by atoms with Gasteiger partial charge in [0, 0.05) is 5.92 Å². The minimum Gasteiger partial charge on any atom is -0.508 e. The molecule has 0 spiro atoms. The van der Waals surface area contributed by atoms with E-state index in [2.05, 4.69) is 0 Å². The molecule has 2 fully saturated rings. The van der Waals surface area contributed by atoms with E-state index in [0.717, 1.165) is 5.56 Å². The molecule has 0 aliphatic carbocycles. The molecule has 1 N–H and O–H groups in total. The molecule has 3 atom stereocenters. The molecule has 4 heteroatoms. The molecule has 16 heavy (non-hydrogen) atoms. The molecule has 3 unspecified atom stereocenters. The second-order valence-corrected chi connectivity index (χ2v) is 4.25. The van der Waals surface area contributed by atoms with Crippen molar-refractivity contribution in [1.29, 1.82) is 0 Å². The van der Waals surface area contributed by atoms with Gasteiger partial charge in [-0.05, 0) is 17.7 Å². The van der Waals surface area contributed by atoms with E-state index in [9.17, 15) is 9.90 Å². The largest absolute Gasteiger partial charge is 0.508 e. The van der Waals surface area contributed by atoms with Gasteiger partial charge in [0.25, 0.3) is 0 Å². The van der Waals surface area contributed by atoms with Crippen LogP contribution in [0.1, 0.15) is 11.7 Å². The monoisotopic (exact) mass is 220 g/mol. The zero-order valence-corrected chi connectivity index (χ0v) is 8.63. The van der Waals surface area contributed by atoms with E-state index in [1.54, 1.807) is 12.1 Å². The SMILES string of the molecule is O=C1OCC2C1COC2c1ccc(O)cc1. The Kier molecular flexibility index (Phi) is 2.11. The van der Waals surface area contributed by atoms with Crippen LogP contribution >= 0.6 is 0 Å². The van der Waals surface area contributed by atoms with E-state index >= 15 is 0 Å².